The van der Waals surface area contributed by atoms with E-state index in [0.29, 0.717) is 40.3 Å². The van der Waals surface area contributed by atoms with Gasteiger partial charge in [-0.05, 0) is 36.2 Å². The first-order valence-electron chi connectivity index (χ1n) is 9.09. The van der Waals surface area contributed by atoms with Gasteiger partial charge < -0.3 is 20.3 Å². The van der Waals surface area contributed by atoms with E-state index >= 15 is 0 Å². The van der Waals surface area contributed by atoms with Crippen LogP contribution in [-0.4, -0.2) is 55.1 Å². The lowest BCUT2D eigenvalue weighted by Crippen LogP contribution is -2.48. The zero-order valence-corrected chi connectivity index (χ0v) is 17.7. The molecule has 8 heteroatoms. The number of aliphatic imine (C=N–C) groups is 1. The summed E-state index contributed by atoms with van der Waals surface area (Å²) >= 11 is 11.5. The lowest BCUT2D eigenvalue weighted by molar-refractivity contribution is -0.129. The summed E-state index contributed by atoms with van der Waals surface area (Å²) in [4.78, 5) is 19.3. The monoisotopic (exact) mass is 428 g/mol. The molecule has 0 saturated heterocycles. The van der Waals surface area contributed by atoms with Crippen LogP contribution in [0.4, 0.5) is 0 Å². The van der Waals surface area contributed by atoms with Crippen molar-refractivity contribution in [2.24, 2.45) is 4.99 Å². The molecule has 1 aromatic carbocycles. The maximum absolute atomic E-state index is 13.1. The molecular weight excluding hydrogens is 408 g/mol. The molecule has 0 fully saturated rings. The smallest absolute Gasteiger partial charge is 0.272 e. The fourth-order valence-corrected chi connectivity index (χ4v) is 3.29. The lowest BCUT2D eigenvalue weighted by Gasteiger charge is -2.22. The number of hydrogen-bond acceptors (Lipinski definition) is 4. The minimum Gasteiger partial charge on any atom is -0.385 e. The van der Waals surface area contributed by atoms with Gasteiger partial charge in [-0.25, -0.2) is 4.99 Å². The Balaban J connectivity index is 1.94. The first-order chi connectivity index (χ1) is 14.0. The first-order valence-corrected chi connectivity index (χ1v) is 9.88. The van der Waals surface area contributed by atoms with Crippen molar-refractivity contribution in [2.75, 3.05) is 27.3 Å². The fraction of sp³-hybridized carbons (Fsp3) is 0.286. The first kappa shape index (κ1) is 21.1. The second-order valence-corrected chi connectivity index (χ2v) is 7.21. The number of ether oxygens (including phenoxy) is 1. The third-order valence-electron chi connectivity index (χ3n) is 4.37. The Morgan fingerprint density at radius 3 is 2.83 bits per heavy atom. The normalized spacial score (nSPS) is 18.1. The Labute approximate surface area is 180 Å². The summed E-state index contributed by atoms with van der Waals surface area (Å²) in [6, 6.07) is 9.62. The van der Waals surface area contributed by atoms with Crippen molar-refractivity contribution in [2.45, 2.75) is 12.6 Å². The molecule has 0 saturated carbocycles. The number of thiocarbonyl (C=S) groups is 1. The summed E-state index contributed by atoms with van der Waals surface area (Å²) in [5.74, 6) is -0.259. The number of methoxy groups -OCH3 is 1. The van der Waals surface area contributed by atoms with Crippen LogP contribution in [0.5, 0.6) is 0 Å². The minimum absolute atomic E-state index is 0.259. The number of nitrogens with one attached hydrogen (secondary N) is 2. The quantitative estimate of drug-likeness (QED) is 0.414. The van der Waals surface area contributed by atoms with Gasteiger partial charge in [-0.15, -0.1) is 0 Å². The second-order valence-electron chi connectivity index (χ2n) is 6.39. The van der Waals surface area contributed by atoms with Crippen molar-refractivity contribution < 1.29 is 9.53 Å². The van der Waals surface area contributed by atoms with Crippen LogP contribution >= 0.6 is 23.8 Å². The molecule has 0 bridgehead atoms. The number of nitrogens with zero attached hydrogens (tertiary/aromatic N) is 2. The largest absolute Gasteiger partial charge is 0.385 e. The molecule has 1 heterocycles. The zero-order chi connectivity index (χ0) is 20.8. The van der Waals surface area contributed by atoms with Crippen LogP contribution in [0.3, 0.4) is 0 Å². The predicted octanol–water partition coefficient (Wildman–Crippen LogP) is 2.48. The van der Waals surface area contributed by atoms with Crippen LogP contribution in [0.15, 0.2) is 69.2 Å². The van der Waals surface area contributed by atoms with E-state index in [0.717, 1.165) is 12.0 Å². The van der Waals surface area contributed by atoms with Crippen LogP contribution in [0, 0.1) is 0 Å². The van der Waals surface area contributed by atoms with Crippen molar-refractivity contribution in [3.63, 3.8) is 0 Å². The number of carbonyl (C=O) groups is 1. The molecule has 0 aromatic heterocycles. The molecule has 0 radical (unpaired) electrons. The average Bonchev–Trinajstić information content (AvgIpc) is 2.82. The fourth-order valence-electron chi connectivity index (χ4n) is 2.92. The van der Waals surface area contributed by atoms with E-state index in [1.165, 1.54) is 4.90 Å². The molecule has 2 N–H and O–H groups in total. The molecule has 1 unspecified atom stereocenters. The Morgan fingerprint density at radius 1 is 1.34 bits per heavy atom. The summed E-state index contributed by atoms with van der Waals surface area (Å²) in [7, 11) is 3.32. The van der Waals surface area contributed by atoms with Gasteiger partial charge in [0.2, 0.25) is 6.17 Å². The van der Waals surface area contributed by atoms with Gasteiger partial charge in [-0.3, -0.25) is 4.79 Å². The van der Waals surface area contributed by atoms with E-state index in [-0.39, 0.29) is 5.91 Å². The molecule has 6 nitrogen and oxygen atoms in total. The predicted molar refractivity (Wildman–Crippen MR) is 118 cm³/mol. The Hall–Kier alpha value is -2.66. The van der Waals surface area contributed by atoms with Crippen molar-refractivity contribution >= 4 is 40.6 Å². The van der Waals surface area contributed by atoms with Crippen molar-refractivity contribution in [1.29, 1.82) is 0 Å². The van der Waals surface area contributed by atoms with E-state index in [4.69, 9.17) is 33.5 Å². The minimum atomic E-state index is -0.891. The standard InChI is InChI=1S/C21H21ClN4O2S/c1-26-17-10-9-15(22)13-16(17)18(14-7-4-3-5-8-14)24-19(20(26)27)25-21(29)23-11-6-12-28-2/h3-5,7-8,13,19H,6,11-12H2,1-2H3,(H2,23,25,29). The number of hydrogen-bond donors (Lipinski definition) is 2. The molecule has 1 aromatic rings. The molecule has 1 aliphatic heterocycles. The van der Waals surface area contributed by atoms with Gasteiger partial charge in [-0.2, -0.15) is 0 Å². The van der Waals surface area contributed by atoms with Crippen LogP contribution in [0.25, 0.3) is 0 Å². The van der Waals surface area contributed by atoms with E-state index in [9.17, 15) is 4.79 Å². The number of rotatable bonds is 6. The number of benzene rings is 1. The lowest BCUT2D eigenvalue weighted by atomic mass is 9.98. The van der Waals surface area contributed by atoms with Gasteiger partial charge in [0.1, 0.15) is 5.70 Å². The number of allylic oxidation sites excluding steroid dienone is 3. The Kier molecular flexibility index (Phi) is 7.04. The zero-order valence-electron chi connectivity index (χ0n) is 16.2. The van der Waals surface area contributed by atoms with Crippen molar-refractivity contribution in [3.05, 3.63) is 69.7 Å². The molecule has 150 valence electrons. The third kappa shape index (κ3) is 5.04. The van der Waals surface area contributed by atoms with E-state index in [1.54, 1.807) is 20.2 Å². The van der Waals surface area contributed by atoms with Crippen LogP contribution < -0.4 is 10.6 Å². The summed E-state index contributed by atoms with van der Waals surface area (Å²) in [6.45, 7) is 1.25. The maximum Gasteiger partial charge on any atom is 0.272 e. The van der Waals surface area contributed by atoms with E-state index in [1.807, 2.05) is 30.3 Å². The summed E-state index contributed by atoms with van der Waals surface area (Å²) < 4.78 is 5.03. The molecular formula is C21H21ClN4O2S. The van der Waals surface area contributed by atoms with Crippen LogP contribution in [-0.2, 0) is 9.53 Å². The van der Waals surface area contributed by atoms with Crippen molar-refractivity contribution in [3.8, 4) is 0 Å². The Morgan fingerprint density at radius 2 is 2.10 bits per heavy atom. The highest BCUT2D eigenvalue weighted by atomic mass is 35.5. The van der Waals surface area contributed by atoms with Gasteiger partial charge >= 0.3 is 0 Å². The van der Waals surface area contributed by atoms with Gasteiger partial charge in [0, 0.05) is 38.4 Å². The number of halogens is 1. The van der Waals surface area contributed by atoms with Gasteiger partial charge in [0.15, 0.2) is 5.11 Å². The molecule has 1 amide bonds. The second kappa shape index (κ2) is 9.70. The highest BCUT2D eigenvalue weighted by Gasteiger charge is 2.33. The molecule has 29 heavy (non-hydrogen) atoms. The highest BCUT2D eigenvalue weighted by molar-refractivity contribution is 7.80. The van der Waals surface area contributed by atoms with Crippen LogP contribution in [0.2, 0.25) is 0 Å². The van der Waals surface area contributed by atoms with Crippen LogP contribution in [0.1, 0.15) is 12.0 Å². The van der Waals surface area contributed by atoms with Gasteiger partial charge in [-0.1, -0.05) is 41.9 Å². The molecule has 1 atom stereocenters. The number of likely N-dealkylation sites (N-methyl/N-ethyl adjacent to an activating group) is 1. The summed E-state index contributed by atoms with van der Waals surface area (Å²) in [5, 5.41) is 6.83. The summed E-state index contributed by atoms with van der Waals surface area (Å²) in [5.41, 5.74) is 8.56. The van der Waals surface area contributed by atoms with Gasteiger partial charge in [0.05, 0.1) is 10.7 Å². The number of carbonyl (C=O) groups excluding carboxylic acids is 1. The molecule has 0 spiro atoms. The number of amides is 1. The highest BCUT2D eigenvalue weighted by Crippen LogP contribution is 2.27. The average molecular weight is 429 g/mol. The SMILES string of the molecule is COCCCNC(=S)NC1N=C(c2ccccc2)C2=CC(Cl)=C=C=C2N(C)C1=O. The summed E-state index contributed by atoms with van der Waals surface area (Å²) in [6.07, 6.45) is 1.65. The molecule has 3 rings (SSSR count). The number of fused-ring (bicyclic) bond motifs is 1. The molecule has 2 aliphatic rings. The third-order valence-corrected chi connectivity index (χ3v) is 4.83. The Bertz CT molecular complexity index is 974. The van der Waals surface area contributed by atoms with E-state index < -0.39 is 6.17 Å². The van der Waals surface area contributed by atoms with Gasteiger partial charge in [0.25, 0.3) is 5.91 Å². The van der Waals surface area contributed by atoms with Crippen molar-refractivity contribution in [1.82, 2.24) is 15.5 Å². The van der Waals surface area contributed by atoms with E-state index in [2.05, 4.69) is 22.1 Å². The maximum atomic E-state index is 13.1. The topological polar surface area (TPSA) is 66.0 Å². The molecule has 1 aliphatic carbocycles.